The molecule has 1 atom stereocenters. The number of benzene rings is 2. The lowest BCUT2D eigenvalue weighted by Gasteiger charge is -2.22. The molecule has 0 saturated heterocycles. The van der Waals surface area contributed by atoms with Gasteiger partial charge in [-0.25, -0.2) is 9.97 Å². The third-order valence-corrected chi connectivity index (χ3v) is 4.87. The predicted molar refractivity (Wildman–Crippen MR) is 106 cm³/mol. The Morgan fingerprint density at radius 2 is 1.93 bits per heavy atom. The van der Waals surface area contributed by atoms with Gasteiger partial charge in [0.05, 0.1) is 0 Å². The molecule has 0 spiro atoms. The van der Waals surface area contributed by atoms with Crippen LogP contribution in [0.1, 0.15) is 34.1 Å². The molecule has 1 N–H and O–H groups in total. The van der Waals surface area contributed by atoms with Gasteiger partial charge in [0, 0.05) is 24.5 Å². The Hall–Kier alpha value is -3.21. The lowest BCUT2D eigenvalue weighted by atomic mass is 10.1. The van der Waals surface area contributed by atoms with Crippen molar-refractivity contribution in [2.75, 3.05) is 4.90 Å². The quantitative estimate of drug-likeness (QED) is 0.771. The van der Waals surface area contributed by atoms with Crippen LogP contribution in [-0.2, 0) is 13.0 Å². The van der Waals surface area contributed by atoms with E-state index in [1.807, 2.05) is 43.3 Å². The van der Waals surface area contributed by atoms with Crippen LogP contribution in [-0.4, -0.2) is 21.9 Å². The number of hydrogen-bond donors (Lipinski definition) is 1. The molecule has 1 amide bonds. The zero-order valence-electron chi connectivity index (χ0n) is 15.5. The van der Waals surface area contributed by atoms with Crippen LogP contribution in [0.25, 0.3) is 0 Å². The van der Waals surface area contributed by atoms with Crippen molar-refractivity contribution in [1.82, 2.24) is 15.3 Å². The zero-order valence-corrected chi connectivity index (χ0v) is 15.5. The Morgan fingerprint density at radius 1 is 1.15 bits per heavy atom. The molecule has 27 heavy (non-hydrogen) atoms. The summed E-state index contributed by atoms with van der Waals surface area (Å²) in [6.45, 7) is 4.66. The van der Waals surface area contributed by atoms with Gasteiger partial charge in [0.1, 0.15) is 5.69 Å². The van der Waals surface area contributed by atoms with Crippen LogP contribution in [0.4, 0.5) is 11.6 Å². The van der Waals surface area contributed by atoms with Gasteiger partial charge in [-0.05, 0) is 43.5 Å². The van der Waals surface area contributed by atoms with E-state index in [9.17, 15) is 4.79 Å². The first-order chi connectivity index (χ1) is 13.1. The third kappa shape index (κ3) is 3.53. The second kappa shape index (κ2) is 7.19. The average molecular weight is 358 g/mol. The standard InChI is InChI=1S/C22H22N4O/c1-15-7-9-17(10-8-15)14-24-21(27)19-11-12-23-22(25-19)26-16(2)13-18-5-3-4-6-20(18)26/h3-12,16H,13-14H2,1-2H3,(H,24,27). The van der Waals surface area contributed by atoms with Crippen molar-refractivity contribution in [3.63, 3.8) is 0 Å². The fourth-order valence-electron chi connectivity index (χ4n) is 3.44. The summed E-state index contributed by atoms with van der Waals surface area (Å²) in [5.41, 5.74) is 5.03. The first kappa shape index (κ1) is 17.2. The van der Waals surface area contributed by atoms with Crippen molar-refractivity contribution in [2.24, 2.45) is 0 Å². The monoisotopic (exact) mass is 358 g/mol. The normalized spacial score (nSPS) is 15.5. The van der Waals surface area contributed by atoms with Crippen LogP contribution in [0.2, 0.25) is 0 Å². The molecule has 0 radical (unpaired) electrons. The lowest BCUT2D eigenvalue weighted by Crippen LogP contribution is -2.28. The highest BCUT2D eigenvalue weighted by molar-refractivity contribution is 5.92. The van der Waals surface area contributed by atoms with Gasteiger partial charge in [-0.15, -0.1) is 0 Å². The van der Waals surface area contributed by atoms with Crippen molar-refractivity contribution < 1.29 is 4.79 Å². The molecule has 4 rings (SSSR count). The van der Waals surface area contributed by atoms with E-state index in [0.717, 1.165) is 17.7 Å². The maximum absolute atomic E-state index is 12.6. The fraction of sp³-hybridized carbons (Fsp3) is 0.227. The van der Waals surface area contributed by atoms with Gasteiger partial charge >= 0.3 is 0 Å². The maximum atomic E-state index is 12.6. The Balaban J connectivity index is 1.52. The number of fused-ring (bicyclic) bond motifs is 1. The van der Waals surface area contributed by atoms with Crippen LogP contribution >= 0.6 is 0 Å². The number of hydrogen-bond acceptors (Lipinski definition) is 4. The largest absolute Gasteiger partial charge is 0.347 e. The summed E-state index contributed by atoms with van der Waals surface area (Å²) in [6, 6.07) is 18.3. The number of rotatable bonds is 4. The van der Waals surface area contributed by atoms with E-state index in [0.29, 0.717) is 18.2 Å². The molecular weight excluding hydrogens is 336 g/mol. The van der Waals surface area contributed by atoms with Gasteiger partial charge < -0.3 is 10.2 Å². The molecule has 2 aromatic carbocycles. The van der Waals surface area contributed by atoms with E-state index in [1.165, 1.54) is 11.1 Å². The minimum absolute atomic E-state index is 0.195. The summed E-state index contributed by atoms with van der Waals surface area (Å²) in [5, 5.41) is 2.94. The number of carbonyl (C=O) groups excluding carboxylic acids is 1. The second-order valence-corrected chi connectivity index (χ2v) is 6.96. The highest BCUT2D eigenvalue weighted by Crippen LogP contribution is 2.36. The Bertz CT molecular complexity index is 968. The summed E-state index contributed by atoms with van der Waals surface area (Å²) >= 11 is 0. The summed E-state index contributed by atoms with van der Waals surface area (Å²) < 4.78 is 0. The second-order valence-electron chi connectivity index (χ2n) is 6.96. The Kier molecular flexibility index (Phi) is 4.59. The minimum atomic E-state index is -0.195. The molecular formula is C22H22N4O. The Labute approximate surface area is 159 Å². The SMILES string of the molecule is Cc1ccc(CNC(=O)c2ccnc(N3c4ccccc4CC3C)n2)cc1. The number of para-hydroxylation sites is 1. The van der Waals surface area contributed by atoms with E-state index >= 15 is 0 Å². The molecule has 1 aliphatic rings. The van der Waals surface area contributed by atoms with Crippen LogP contribution in [0, 0.1) is 6.92 Å². The fourth-order valence-corrected chi connectivity index (χ4v) is 3.44. The maximum Gasteiger partial charge on any atom is 0.270 e. The number of aromatic nitrogens is 2. The van der Waals surface area contributed by atoms with Gasteiger partial charge in [0.2, 0.25) is 5.95 Å². The van der Waals surface area contributed by atoms with Crippen molar-refractivity contribution in [3.8, 4) is 0 Å². The number of nitrogens with zero attached hydrogens (tertiary/aromatic N) is 3. The molecule has 0 aliphatic carbocycles. The molecule has 0 bridgehead atoms. The molecule has 136 valence electrons. The lowest BCUT2D eigenvalue weighted by molar-refractivity contribution is 0.0946. The van der Waals surface area contributed by atoms with Gasteiger partial charge in [-0.2, -0.15) is 0 Å². The molecule has 2 heterocycles. The van der Waals surface area contributed by atoms with E-state index in [1.54, 1.807) is 12.3 Å². The van der Waals surface area contributed by atoms with Crippen molar-refractivity contribution >= 4 is 17.5 Å². The molecule has 1 aliphatic heterocycles. The van der Waals surface area contributed by atoms with Crippen LogP contribution in [0.15, 0.2) is 60.8 Å². The first-order valence-electron chi connectivity index (χ1n) is 9.16. The first-order valence-corrected chi connectivity index (χ1v) is 9.16. The van der Waals surface area contributed by atoms with Crippen LogP contribution in [0.3, 0.4) is 0 Å². The Morgan fingerprint density at radius 3 is 2.74 bits per heavy atom. The van der Waals surface area contributed by atoms with Crippen LogP contribution < -0.4 is 10.2 Å². The average Bonchev–Trinajstić information content (AvgIpc) is 3.03. The van der Waals surface area contributed by atoms with Gasteiger partial charge in [-0.1, -0.05) is 48.0 Å². The van der Waals surface area contributed by atoms with Gasteiger partial charge in [0.15, 0.2) is 0 Å². The highest BCUT2D eigenvalue weighted by Gasteiger charge is 2.29. The molecule has 3 aromatic rings. The topological polar surface area (TPSA) is 58.1 Å². The zero-order chi connectivity index (χ0) is 18.8. The number of nitrogens with one attached hydrogen (secondary N) is 1. The molecule has 1 aromatic heterocycles. The van der Waals surface area contributed by atoms with Crippen molar-refractivity contribution in [3.05, 3.63) is 83.2 Å². The van der Waals surface area contributed by atoms with Gasteiger partial charge in [0.25, 0.3) is 5.91 Å². The van der Waals surface area contributed by atoms with Crippen LogP contribution in [0.5, 0.6) is 0 Å². The summed E-state index contributed by atoms with van der Waals surface area (Å²) in [5.74, 6) is 0.370. The summed E-state index contributed by atoms with van der Waals surface area (Å²) in [7, 11) is 0. The minimum Gasteiger partial charge on any atom is -0.347 e. The number of anilines is 2. The van der Waals surface area contributed by atoms with E-state index in [2.05, 4.69) is 39.2 Å². The molecule has 0 fully saturated rings. The molecule has 5 heteroatoms. The molecule has 0 saturated carbocycles. The van der Waals surface area contributed by atoms with Crippen molar-refractivity contribution in [2.45, 2.75) is 32.9 Å². The molecule has 5 nitrogen and oxygen atoms in total. The molecule has 1 unspecified atom stereocenters. The summed E-state index contributed by atoms with van der Waals surface area (Å²) in [6.07, 6.45) is 2.60. The van der Waals surface area contributed by atoms with E-state index in [-0.39, 0.29) is 11.9 Å². The van der Waals surface area contributed by atoms with Gasteiger partial charge in [-0.3, -0.25) is 4.79 Å². The smallest absolute Gasteiger partial charge is 0.270 e. The van der Waals surface area contributed by atoms with E-state index < -0.39 is 0 Å². The highest BCUT2D eigenvalue weighted by atomic mass is 16.1. The van der Waals surface area contributed by atoms with Crippen molar-refractivity contribution in [1.29, 1.82) is 0 Å². The third-order valence-electron chi connectivity index (χ3n) is 4.87. The number of carbonyl (C=O) groups is 1. The predicted octanol–water partition coefficient (Wildman–Crippen LogP) is 3.80. The van der Waals surface area contributed by atoms with E-state index in [4.69, 9.17) is 0 Å². The summed E-state index contributed by atoms with van der Waals surface area (Å²) in [4.78, 5) is 23.6. The number of aryl methyl sites for hydroxylation is 1. The number of amides is 1.